The fourth-order valence-corrected chi connectivity index (χ4v) is 1.96. The second-order valence-corrected chi connectivity index (χ2v) is 5.16. The molecule has 1 fully saturated rings. The van der Waals surface area contributed by atoms with Crippen LogP contribution >= 0.6 is 0 Å². The number of aryl methyl sites for hydroxylation is 1. The Kier molecular flexibility index (Phi) is 4.71. The number of hydrogen-bond acceptors (Lipinski definition) is 2. The second-order valence-electron chi connectivity index (χ2n) is 5.16. The quantitative estimate of drug-likeness (QED) is 0.781. The second kappa shape index (κ2) is 6.50. The Morgan fingerprint density at radius 1 is 1.35 bits per heavy atom. The first-order valence-electron chi connectivity index (χ1n) is 6.90. The van der Waals surface area contributed by atoms with Gasteiger partial charge in [-0.1, -0.05) is 0 Å². The molecule has 0 saturated heterocycles. The van der Waals surface area contributed by atoms with Crippen molar-refractivity contribution in [1.29, 1.82) is 0 Å². The number of hydrogen-bond donors (Lipinski definition) is 2. The third kappa shape index (κ3) is 4.33. The Morgan fingerprint density at radius 3 is 2.75 bits per heavy atom. The van der Waals surface area contributed by atoms with Crippen LogP contribution in [0.15, 0.2) is 18.2 Å². The maximum Gasteiger partial charge on any atom is 0.251 e. The van der Waals surface area contributed by atoms with Gasteiger partial charge in [0.15, 0.2) is 0 Å². The highest BCUT2D eigenvalue weighted by molar-refractivity contribution is 5.95. The van der Waals surface area contributed by atoms with E-state index in [-0.39, 0.29) is 17.6 Å². The van der Waals surface area contributed by atoms with Crippen molar-refractivity contribution < 1.29 is 14.0 Å². The summed E-state index contributed by atoms with van der Waals surface area (Å²) in [5.74, 6) is -0.541. The van der Waals surface area contributed by atoms with Crippen molar-refractivity contribution in [1.82, 2.24) is 10.6 Å². The first kappa shape index (κ1) is 14.5. The van der Waals surface area contributed by atoms with Gasteiger partial charge in [0, 0.05) is 24.6 Å². The Balaban J connectivity index is 1.70. The molecular weight excluding hydrogens is 259 g/mol. The summed E-state index contributed by atoms with van der Waals surface area (Å²) >= 11 is 0. The van der Waals surface area contributed by atoms with Crippen molar-refractivity contribution in [2.75, 3.05) is 6.54 Å². The summed E-state index contributed by atoms with van der Waals surface area (Å²) in [5.41, 5.74) is 1.07. The number of rotatable bonds is 6. The largest absolute Gasteiger partial charge is 0.353 e. The van der Waals surface area contributed by atoms with Gasteiger partial charge in [0.1, 0.15) is 5.82 Å². The lowest BCUT2D eigenvalue weighted by Gasteiger charge is -2.08. The zero-order valence-corrected chi connectivity index (χ0v) is 11.5. The molecular formula is C15H19FN2O2. The summed E-state index contributed by atoms with van der Waals surface area (Å²) in [6.45, 7) is 2.13. The van der Waals surface area contributed by atoms with Gasteiger partial charge in [0.25, 0.3) is 5.91 Å². The number of benzene rings is 1. The zero-order chi connectivity index (χ0) is 14.5. The highest BCUT2D eigenvalue weighted by Crippen LogP contribution is 2.18. The molecule has 0 aliphatic heterocycles. The third-order valence-electron chi connectivity index (χ3n) is 3.24. The van der Waals surface area contributed by atoms with E-state index in [9.17, 15) is 14.0 Å². The molecule has 1 aliphatic rings. The molecule has 0 heterocycles. The van der Waals surface area contributed by atoms with Crippen molar-refractivity contribution in [3.8, 4) is 0 Å². The monoisotopic (exact) mass is 278 g/mol. The van der Waals surface area contributed by atoms with E-state index < -0.39 is 0 Å². The van der Waals surface area contributed by atoms with Gasteiger partial charge in [-0.15, -0.1) is 0 Å². The number of carbonyl (C=O) groups excluding carboxylic acids is 2. The van der Waals surface area contributed by atoms with Crippen LogP contribution < -0.4 is 10.6 Å². The Hall–Kier alpha value is -1.91. The Morgan fingerprint density at radius 2 is 2.10 bits per heavy atom. The van der Waals surface area contributed by atoms with Crippen LogP contribution in [0.1, 0.15) is 41.6 Å². The van der Waals surface area contributed by atoms with E-state index in [1.165, 1.54) is 18.2 Å². The van der Waals surface area contributed by atoms with E-state index in [0.29, 0.717) is 36.6 Å². The topological polar surface area (TPSA) is 58.2 Å². The van der Waals surface area contributed by atoms with E-state index in [4.69, 9.17) is 0 Å². The summed E-state index contributed by atoms with van der Waals surface area (Å²) in [6, 6.07) is 4.45. The van der Waals surface area contributed by atoms with Gasteiger partial charge in [-0.2, -0.15) is 0 Å². The van der Waals surface area contributed by atoms with Gasteiger partial charge in [-0.05, 0) is 49.9 Å². The molecule has 108 valence electrons. The molecule has 0 aromatic heterocycles. The van der Waals surface area contributed by atoms with E-state index in [2.05, 4.69) is 10.6 Å². The predicted molar refractivity (Wildman–Crippen MR) is 73.9 cm³/mol. The number of amides is 2. The Labute approximate surface area is 117 Å². The molecule has 4 nitrogen and oxygen atoms in total. The van der Waals surface area contributed by atoms with Crippen molar-refractivity contribution in [2.24, 2.45) is 0 Å². The first-order valence-corrected chi connectivity index (χ1v) is 6.90. The molecule has 1 saturated carbocycles. The summed E-state index contributed by atoms with van der Waals surface area (Å²) in [5, 5.41) is 5.64. The maximum absolute atomic E-state index is 12.9. The smallest absolute Gasteiger partial charge is 0.251 e. The SMILES string of the molecule is Cc1cc(F)ccc1C(=O)NCCCC(=O)NC1CC1. The number of halogens is 1. The average Bonchev–Trinajstić information content (AvgIpc) is 3.18. The number of carbonyl (C=O) groups is 2. The van der Waals surface area contributed by atoms with Gasteiger partial charge in [-0.3, -0.25) is 9.59 Å². The molecule has 0 bridgehead atoms. The van der Waals surface area contributed by atoms with Crippen LogP contribution in [0.5, 0.6) is 0 Å². The highest BCUT2D eigenvalue weighted by Gasteiger charge is 2.22. The number of nitrogens with one attached hydrogen (secondary N) is 2. The normalized spacial score (nSPS) is 13.9. The molecule has 2 N–H and O–H groups in total. The van der Waals surface area contributed by atoms with Gasteiger partial charge >= 0.3 is 0 Å². The van der Waals surface area contributed by atoms with Crippen molar-refractivity contribution >= 4 is 11.8 Å². The lowest BCUT2D eigenvalue weighted by atomic mass is 10.1. The molecule has 0 unspecified atom stereocenters. The average molecular weight is 278 g/mol. The molecule has 20 heavy (non-hydrogen) atoms. The molecule has 1 aliphatic carbocycles. The van der Waals surface area contributed by atoms with E-state index >= 15 is 0 Å². The van der Waals surface area contributed by atoms with Gasteiger partial charge in [0.05, 0.1) is 0 Å². The van der Waals surface area contributed by atoms with Crippen LogP contribution in [0, 0.1) is 12.7 Å². The summed E-state index contributed by atoms with van der Waals surface area (Å²) in [4.78, 5) is 23.3. The van der Waals surface area contributed by atoms with Gasteiger partial charge in [0.2, 0.25) is 5.91 Å². The predicted octanol–water partition coefficient (Wildman–Crippen LogP) is 1.92. The van der Waals surface area contributed by atoms with E-state index in [1.54, 1.807) is 6.92 Å². The van der Waals surface area contributed by atoms with Crippen molar-refractivity contribution in [2.45, 2.75) is 38.6 Å². The van der Waals surface area contributed by atoms with Crippen LogP contribution in [0.2, 0.25) is 0 Å². The van der Waals surface area contributed by atoms with Crippen molar-refractivity contribution in [3.05, 3.63) is 35.1 Å². The molecule has 5 heteroatoms. The maximum atomic E-state index is 12.9. The molecule has 0 spiro atoms. The standard InChI is InChI=1S/C15H19FN2O2/c1-10-9-11(16)4-7-13(10)15(20)17-8-2-3-14(19)18-12-5-6-12/h4,7,9,12H,2-3,5-6,8H2,1H3,(H,17,20)(H,18,19). The van der Waals surface area contributed by atoms with E-state index in [0.717, 1.165) is 12.8 Å². The molecule has 2 amide bonds. The zero-order valence-electron chi connectivity index (χ0n) is 11.5. The minimum absolute atomic E-state index is 0.0414. The van der Waals surface area contributed by atoms with Gasteiger partial charge < -0.3 is 10.6 Å². The lowest BCUT2D eigenvalue weighted by molar-refractivity contribution is -0.121. The molecule has 0 radical (unpaired) electrons. The minimum atomic E-state index is -0.351. The minimum Gasteiger partial charge on any atom is -0.353 e. The first-order chi connectivity index (χ1) is 9.56. The summed E-state index contributed by atoms with van der Waals surface area (Å²) < 4.78 is 12.9. The van der Waals surface area contributed by atoms with Crippen LogP contribution in [-0.4, -0.2) is 24.4 Å². The fourth-order valence-electron chi connectivity index (χ4n) is 1.96. The van der Waals surface area contributed by atoms with Crippen LogP contribution in [0.3, 0.4) is 0 Å². The van der Waals surface area contributed by atoms with E-state index in [1.807, 2.05) is 0 Å². The highest BCUT2D eigenvalue weighted by atomic mass is 19.1. The molecule has 1 aromatic rings. The molecule has 1 aromatic carbocycles. The van der Waals surface area contributed by atoms with Crippen LogP contribution in [0.4, 0.5) is 4.39 Å². The summed E-state index contributed by atoms with van der Waals surface area (Å²) in [6.07, 6.45) is 3.17. The van der Waals surface area contributed by atoms with Crippen molar-refractivity contribution in [3.63, 3.8) is 0 Å². The molecule has 0 atom stereocenters. The summed E-state index contributed by atoms with van der Waals surface area (Å²) in [7, 11) is 0. The van der Waals surface area contributed by atoms with Crippen LogP contribution in [0.25, 0.3) is 0 Å². The van der Waals surface area contributed by atoms with Crippen LogP contribution in [-0.2, 0) is 4.79 Å². The lowest BCUT2D eigenvalue weighted by Crippen LogP contribution is -2.28. The van der Waals surface area contributed by atoms with Gasteiger partial charge in [-0.25, -0.2) is 4.39 Å². The fraction of sp³-hybridized carbons (Fsp3) is 0.467. The Bertz CT molecular complexity index is 513. The third-order valence-corrected chi connectivity index (χ3v) is 3.24. The molecule has 2 rings (SSSR count).